The maximum absolute atomic E-state index is 11.9. The number of benzene rings is 2. The van der Waals surface area contributed by atoms with Gasteiger partial charge in [0.1, 0.15) is 11.0 Å². The Morgan fingerprint density at radius 3 is 3.04 bits per heavy atom. The van der Waals surface area contributed by atoms with Crippen molar-refractivity contribution in [3.05, 3.63) is 53.1 Å². The molecule has 0 saturated heterocycles. The van der Waals surface area contributed by atoms with E-state index in [1.165, 1.54) is 6.21 Å². The number of hydrazone groups is 1. The highest BCUT2D eigenvalue weighted by Gasteiger charge is 2.07. The van der Waals surface area contributed by atoms with Crippen molar-refractivity contribution in [1.29, 1.82) is 0 Å². The van der Waals surface area contributed by atoms with E-state index < -0.39 is 6.03 Å². The van der Waals surface area contributed by atoms with Crippen molar-refractivity contribution in [1.82, 2.24) is 14.2 Å². The SMILES string of the molecule is Cc1ccc(/C=N/NC(=O)Nc2cccc3nsnc23)c(CO)c1. The zero-order chi connectivity index (χ0) is 16.9. The molecule has 0 aliphatic rings. The van der Waals surface area contributed by atoms with Gasteiger partial charge in [-0.05, 0) is 24.6 Å². The molecule has 0 fully saturated rings. The summed E-state index contributed by atoms with van der Waals surface area (Å²) in [4.78, 5) is 11.9. The molecule has 3 N–H and O–H groups in total. The van der Waals surface area contributed by atoms with E-state index in [2.05, 4.69) is 24.6 Å². The highest BCUT2D eigenvalue weighted by Crippen LogP contribution is 2.20. The number of aliphatic hydroxyl groups is 1. The number of anilines is 1. The third-order valence-electron chi connectivity index (χ3n) is 3.37. The maximum Gasteiger partial charge on any atom is 0.339 e. The lowest BCUT2D eigenvalue weighted by atomic mass is 10.1. The van der Waals surface area contributed by atoms with Crippen LogP contribution in [0, 0.1) is 6.92 Å². The summed E-state index contributed by atoms with van der Waals surface area (Å²) in [6.45, 7) is 1.85. The molecule has 0 spiro atoms. The van der Waals surface area contributed by atoms with Crippen LogP contribution < -0.4 is 10.7 Å². The minimum absolute atomic E-state index is 0.0892. The second-order valence-corrected chi connectivity index (χ2v) is 5.65. The number of carbonyl (C=O) groups excluding carboxylic acids is 1. The molecular formula is C16H15N5O2S. The molecule has 3 rings (SSSR count). The predicted octanol–water partition coefficient (Wildman–Crippen LogP) is 2.65. The molecule has 0 saturated carbocycles. The Kier molecular flexibility index (Phi) is 4.78. The molecule has 2 aromatic carbocycles. The standard InChI is InChI=1S/C16H15N5O2S/c1-10-5-6-11(12(7-10)9-22)8-17-19-16(23)18-13-3-2-4-14-15(13)21-24-20-14/h2-8,22H,9H2,1H3,(H2,18,19,23)/b17-8+. The Morgan fingerprint density at radius 2 is 2.21 bits per heavy atom. The lowest BCUT2D eigenvalue weighted by molar-refractivity contribution is 0.252. The van der Waals surface area contributed by atoms with Gasteiger partial charge in [-0.1, -0.05) is 29.8 Å². The van der Waals surface area contributed by atoms with Crippen LogP contribution >= 0.6 is 11.7 Å². The average molecular weight is 341 g/mol. The number of aliphatic hydroxyl groups excluding tert-OH is 1. The molecule has 1 aromatic heterocycles. The van der Waals surface area contributed by atoms with Crippen molar-refractivity contribution in [2.45, 2.75) is 13.5 Å². The maximum atomic E-state index is 11.9. The van der Waals surface area contributed by atoms with E-state index in [1.54, 1.807) is 12.1 Å². The summed E-state index contributed by atoms with van der Waals surface area (Å²) in [5.74, 6) is 0. The molecule has 8 heteroatoms. The molecular weight excluding hydrogens is 326 g/mol. The molecule has 122 valence electrons. The third-order valence-corrected chi connectivity index (χ3v) is 3.92. The van der Waals surface area contributed by atoms with E-state index in [4.69, 9.17) is 0 Å². The number of rotatable bonds is 4. The number of fused-ring (bicyclic) bond motifs is 1. The van der Waals surface area contributed by atoms with Crippen LogP contribution in [0.1, 0.15) is 16.7 Å². The number of nitrogens with one attached hydrogen (secondary N) is 2. The van der Waals surface area contributed by atoms with Crippen LogP contribution in [0.15, 0.2) is 41.5 Å². The molecule has 3 aromatic rings. The Labute approximate surface area is 142 Å². The summed E-state index contributed by atoms with van der Waals surface area (Å²) in [7, 11) is 0. The van der Waals surface area contributed by atoms with Crippen molar-refractivity contribution >= 4 is 40.7 Å². The molecule has 0 aliphatic carbocycles. The van der Waals surface area contributed by atoms with Gasteiger partial charge in [0.05, 0.1) is 30.2 Å². The van der Waals surface area contributed by atoms with E-state index in [1.807, 2.05) is 31.2 Å². The van der Waals surface area contributed by atoms with Gasteiger partial charge in [-0.25, -0.2) is 10.2 Å². The zero-order valence-corrected chi connectivity index (χ0v) is 13.7. The molecule has 0 bridgehead atoms. The molecule has 0 unspecified atom stereocenters. The first kappa shape index (κ1) is 16.0. The van der Waals surface area contributed by atoms with E-state index in [9.17, 15) is 9.90 Å². The minimum Gasteiger partial charge on any atom is -0.392 e. The quantitative estimate of drug-likeness (QED) is 0.502. The normalized spacial score (nSPS) is 11.1. The summed E-state index contributed by atoms with van der Waals surface area (Å²) < 4.78 is 8.27. The Bertz CT molecular complexity index is 906. The largest absolute Gasteiger partial charge is 0.392 e. The number of carbonyl (C=O) groups is 1. The highest BCUT2D eigenvalue weighted by molar-refractivity contribution is 7.00. The van der Waals surface area contributed by atoms with E-state index in [0.29, 0.717) is 11.2 Å². The summed E-state index contributed by atoms with van der Waals surface area (Å²) in [6.07, 6.45) is 1.50. The summed E-state index contributed by atoms with van der Waals surface area (Å²) >= 11 is 1.09. The van der Waals surface area contributed by atoms with Gasteiger partial charge in [-0.3, -0.25) is 0 Å². The first-order valence-electron chi connectivity index (χ1n) is 7.19. The molecule has 1 heterocycles. The number of aromatic nitrogens is 2. The average Bonchev–Trinajstić information content (AvgIpc) is 3.06. The number of aryl methyl sites for hydroxylation is 1. The fourth-order valence-corrected chi connectivity index (χ4v) is 2.76. The van der Waals surface area contributed by atoms with Crippen molar-refractivity contribution in [3.8, 4) is 0 Å². The van der Waals surface area contributed by atoms with E-state index in [-0.39, 0.29) is 6.61 Å². The monoisotopic (exact) mass is 341 g/mol. The van der Waals surface area contributed by atoms with Gasteiger partial charge in [0, 0.05) is 5.56 Å². The van der Waals surface area contributed by atoms with Crippen LogP contribution in [-0.2, 0) is 6.61 Å². The van der Waals surface area contributed by atoms with Crippen LogP contribution in [0.2, 0.25) is 0 Å². The predicted molar refractivity (Wildman–Crippen MR) is 94.3 cm³/mol. The number of hydrogen-bond donors (Lipinski definition) is 3. The third kappa shape index (κ3) is 3.55. The Balaban J connectivity index is 1.66. The lowest BCUT2D eigenvalue weighted by Crippen LogP contribution is -2.24. The van der Waals surface area contributed by atoms with Crippen LogP contribution in [0.25, 0.3) is 11.0 Å². The molecule has 0 radical (unpaired) electrons. The second-order valence-electron chi connectivity index (χ2n) is 5.12. The molecule has 0 atom stereocenters. The number of amides is 2. The van der Waals surface area contributed by atoms with Crippen LogP contribution in [-0.4, -0.2) is 26.1 Å². The minimum atomic E-state index is -0.482. The van der Waals surface area contributed by atoms with Gasteiger partial charge in [0.25, 0.3) is 0 Å². The lowest BCUT2D eigenvalue weighted by Gasteiger charge is -2.05. The summed E-state index contributed by atoms with van der Waals surface area (Å²) in [5, 5.41) is 16.0. The van der Waals surface area contributed by atoms with Gasteiger partial charge in [-0.2, -0.15) is 13.8 Å². The first-order valence-corrected chi connectivity index (χ1v) is 7.92. The van der Waals surface area contributed by atoms with Crippen molar-refractivity contribution in [3.63, 3.8) is 0 Å². The number of hydrogen-bond acceptors (Lipinski definition) is 6. The first-order chi connectivity index (χ1) is 11.7. The Hall–Kier alpha value is -2.84. The highest BCUT2D eigenvalue weighted by atomic mass is 32.1. The van der Waals surface area contributed by atoms with Crippen LogP contribution in [0.3, 0.4) is 0 Å². The van der Waals surface area contributed by atoms with Gasteiger partial charge < -0.3 is 10.4 Å². The second kappa shape index (κ2) is 7.16. The van der Waals surface area contributed by atoms with Crippen molar-refractivity contribution in [2.75, 3.05) is 5.32 Å². The topological polar surface area (TPSA) is 99.5 Å². The van der Waals surface area contributed by atoms with E-state index >= 15 is 0 Å². The molecule has 7 nitrogen and oxygen atoms in total. The van der Waals surface area contributed by atoms with Crippen LogP contribution in [0.5, 0.6) is 0 Å². The van der Waals surface area contributed by atoms with Gasteiger partial charge in [0.15, 0.2) is 0 Å². The smallest absolute Gasteiger partial charge is 0.339 e. The molecule has 24 heavy (non-hydrogen) atoms. The fourth-order valence-electron chi connectivity index (χ4n) is 2.22. The fraction of sp³-hybridized carbons (Fsp3) is 0.125. The zero-order valence-electron chi connectivity index (χ0n) is 12.9. The van der Waals surface area contributed by atoms with Gasteiger partial charge in [0.2, 0.25) is 0 Å². The Morgan fingerprint density at radius 1 is 1.33 bits per heavy atom. The van der Waals surface area contributed by atoms with Gasteiger partial charge in [-0.15, -0.1) is 0 Å². The van der Waals surface area contributed by atoms with Crippen LogP contribution in [0.4, 0.5) is 10.5 Å². The van der Waals surface area contributed by atoms with Crippen molar-refractivity contribution in [2.24, 2.45) is 5.10 Å². The summed E-state index contributed by atoms with van der Waals surface area (Å²) in [6, 6.07) is 10.5. The summed E-state index contributed by atoms with van der Waals surface area (Å²) in [5.41, 5.74) is 6.88. The number of nitrogens with zero attached hydrogens (tertiary/aromatic N) is 3. The van der Waals surface area contributed by atoms with Gasteiger partial charge >= 0.3 is 6.03 Å². The van der Waals surface area contributed by atoms with Crippen molar-refractivity contribution < 1.29 is 9.90 Å². The van der Waals surface area contributed by atoms with E-state index in [0.717, 1.165) is 33.9 Å². The number of urea groups is 1. The molecule has 0 aliphatic heterocycles. The molecule has 2 amide bonds.